The molecular weight excluding hydrogens is 222 g/mol. The van der Waals surface area contributed by atoms with Gasteiger partial charge in [-0.3, -0.25) is 0 Å². The Balaban J connectivity index is 2.53. The lowest BCUT2D eigenvalue weighted by Crippen LogP contribution is -2.48. The molecule has 1 aliphatic rings. The van der Waals surface area contributed by atoms with Crippen molar-refractivity contribution in [1.29, 1.82) is 0 Å². The Morgan fingerprint density at radius 2 is 1.89 bits per heavy atom. The maximum atomic E-state index is 9.23. The van der Waals surface area contributed by atoms with Crippen molar-refractivity contribution in [3.8, 4) is 0 Å². The normalized spacial score (nSPS) is 27.5. The van der Waals surface area contributed by atoms with Crippen molar-refractivity contribution in [2.45, 2.75) is 78.8 Å². The predicted octanol–water partition coefficient (Wildman–Crippen LogP) is 3.59. The Kier molecular flexibility index (Phi) is 6.13. The highest BCUT2D eigenvalue weighted by atomic mass is 16.3. The van der Waals surface area contributed by atoms with E-state index in [-0.39, 0.29) is 12.0 Å². The number of rotatable bonds is 5. The fraction of sp³-hybridized carbons (Fsp3) is 1.00. The third-order valence-electron chi connectivity index (χ3n) is 4.56. The molecule has 1 fully saturated rings. The van der Waals surface area contributed by atoms with Crippen LogP contribution < -0.4 is 5.32 Å². The molecule has 2 nitrogen and oxygen atoms in total. The lowest BCUT2D eigenvalue weighted by atomic mass is 9.77. The topological polar surface area (TPSA) is 32.3 Å². The van der Waals surface area contributed by atoms with Gasteiger partial charge in [-0.25, -0.2) is 0 Å². The van der Waals surface area contributed by atoms with E-state index in [0.29, 0.717) is 12.1 Å². The summed E-state index contributed by atoms with van der Waals surface area (Å²) in [4.78, 5) is 0. The SMILES string of the molecule is CC(C)C1CCCC(NC(CCO)C(C)(C)C)C1. The fourth-order valence-corrected chi connectivity index (χ4v) is 3.16. The first-order valence-corrected chi connectivity index (χ1v) is 7.71. The molecule has 0 radical (unpaired) electrons. The predicted molar refractivity (Wildman–Crippen MR) is 78.7 cm³/mol. The maximum Gasteiger partial charge on any atom is 0.0446 e. The quantitative estimate of drug-likeness (QED) is 0.787. The maximum absolute atomic E-state index is 9.23. The molecule has 18 heavy (non-hydrogen) atoms. The van der Waals surface area contributed by atoms with Crippen molar-refractivity contribution in [1.82, 2.24) is 5.32 Å². The molecule has 108 valence electrons. The van der Waals surface area contributed by atoms with Gasteiger partial charge in [0.2, 0.25) is 0 Å². The van der Waals surface area contributed by atoms with Crippen LogP contribution in [0.3, 0.4) is 0 Å². The number of aliphatic hydroxyl groups excluding tert-OH is 1. The van der Waals surface area contributed by atoms with Crippen molar-refractivity contribution >= 4 is 0 Å². The second kappa shape index (κ2) is 6.91. The van der Waals surface area contributed by atoms with Gasteiger partial charge in [0.1, 0.15) is 0 Å². The van der Waals surface area contributed by atoms with Gasteiger partial charge in [0.25, 0.3) is 0 Å². The summed E-state index contributed by atoms with van der Waals surface area (Å²) in [5.74, 6) is 1.69. The Morgan fingerprint density at radius 1 is 1.22 bits per heavy atom. The molecule has 3 atom stereocenters. The molecule has 0 aliphatic heterocycles. The van der Waals surface area contributed by atoms with Crippen LogP contribution in [0.15, 0.2) is 0 Å². The van der Waals surface area contributed by atoms with Gasteiger partial charge in [0, 0.05) is 18.7 Å². The van der Waals surface area contributed by atoms with E-state index in [9.17, 15) is 5.11 Å². The molecule has 0 saturated heterocycles. The molecule has 0 aromatic rings. The molecule has 1 aliphatic carbocycles. The third kappa shape index (κ3) is 4.89. The highest BCUT2D eigenvalue weighted by Crippen LogP contribution is 2.31. The molecule has 0 spiro atoms. The monoisotopic (exact) mass is 255 g/mol. The zero-order valence-electron chi connectivity index (χ0n) is 13.0. The van der Waals surface area contributed by atoms with Gasteiger partial charge >= 0.3 is 0 Å². The highest BCUT2D eigenvalue weighted by Gasteiger charge is 2.30. The van der Waals surface area contributed by atoms with Crippen LogP contribution in [0, 0.1) is 17.3 Å². The molecule has 3 unspecified atom stereocenters. The molecule has 0 aromatic carbocycles. The van der Waals surface area contributed by atoms with Gasteiger partial charge in [-0.2, -0.15) is 0 Å². The first-order valence-electron chi connectivity index (χ1n) is 7.71. The van der Waals surface area contributed by atoms with Gasteiger partial charge < -0.3 is 10.4 Å². The molecule has 0 heterocycles. The minimum absolute atomic E-state index is 0.230. The summed E-state index contributed by atoms with van der Waals surface area (Å²) in [5.41, 5.74) is 0.230. The van der Waals surface area contributed by atoms with Crippen LogP contribution in [-0.4, -0.2) is 23.8 Å². The molecule has 0 bridgehead atoms. The van der Waals surface area contributed by atoms with Crippen LogP contribution in [0.2, 0.25) is 0 Å². The van der Waals surface area contributed by atoms with E-state index in [0.717, 1.165) is 18.3 Å². The van der Waals surface area contributed by atoms with E-state index < -0.39 is 0 Å². The van der Waals surface area contributed by atoms with E-state index in [1.165, 1.54) is 25.7 Å². The third-order valence-corrected chi connectivity index (χ3v) is 4.56. The van der Waals surface area contributed by atoms with Gasteiger partial charge in [0.05, 0.1) is 0 Å². The number of hydrogen-bond acceptors (Lipinski definition) is 2. The average molecular weight is 255 g/mol. The van der Waals surface area contributed by atoms with Crippen LogP contribution in [0.25, 0.3) is 0 Å². The molecular formula is C16H33NO. The summed E-state index contributed by atoms with van der Waals surface area (Å²) in [6.07, 6.45) is 6.25. The minimum atomic E-state index is 0.230. The lowest BCUT2D eigenvalue weighted by molar-refractivity contribution is 0.154. The smallest absolute Gasteiger partial charge is 0.0446 e. The summed E-state index contributed by atoms with van der Waals surface area (Å²) >= 11 is 0. The van der Waals surface area contributed by atoms with Crippen molar-refractivity contribution in [2.24, 2.45) is 17.3 Å². The summed E-state index contributed by atoms with van der Waals surface area (Å²) in [6.45, 7) is 11.8. The van der Waals surface area contributed by atoms with Gasteiger partial charge in [0.15, 0.2) is 0 Å². The Hall–Kier alpha value is -0.0800. The second-order valence-electron chi connectivity index (χ2n) is 7.47. The van der Waals surface area contributed by atoms with Crippen LogP contribution in [0.4, 0.5) is 0 Å². The summed E-state index contributed by atoms with van der Waals surface area (Å²) in [7, 11) is 0. The zero-order chi connectivity index (χ0) is 13.8. The average Bonchev–Trinajstić information content (AvgIpc) is 2.27. The van der Waals surface area contributed by atoms with Crippen LogP contribution in [0.5, 0.6) is 0 Å². The van der Waals surface area contributed by atoms with Crippen molar-refractivity contribution in [2.75, 3.05) is 6.61 Å². The van der Waals surface area contributed by atoms with E-state index in [1.807, 2.05) is 0 Å². The first kappa shape index (κ1) is 16.0. The molecule has 2 heteroatoms. The Morgan fingerprint density at radius 3 is 2.39 bits per heavy atom. The van der Waals surface area contributed by atoms with Crippen LogP contribution >= 0.6 is 0 Å². The molecule has 1 rings (SSSR count). The standard InChI is InChI=1S/C16H33NO/c1-12(2)13-7-6-8-14(11-13)17-15(9-10-18)16(3,4)5/h12-15,17-18H,6-11H2,1-5H3. The minimum Gasteiger partial charge on any atom is -0.396 e. The zero-order valence-corrected chi connectivity index (χ0v) is 13.0. The molecule has 0 amide bonds. The first-order chi connectivity index (χ1) is 8.34. The van der Waals surface area contributed by atoms with E-state index in [1.54, 1.807) is 0 Å². The van der Waals surface area contributed by atoms with Gasteiger partial charge in [-0.05, 0) is 36.5 Å². The van der Waals surface area contributed by atoms with Crippen molar-refractivity contribution in [3.63, 3.8) is 0 Å². The van der Waals surface area contributed by atoms with E-state index >= 15 is 0 Å². The summed E-state index contributed by atoms with van der Waals surface area (Å²) < 4.78 is 0. The number of nitrogens with one attached hydrogen (secondary N) is 1. The van der Waals surface area contributed by atoms with E-state index in [4.69, 9.17) is 0 Å². The molecule has 2 N–H and O–H groups in total. The Labute approximate surface area is 114 Å². The van der Waals surface area contributed by atoms with Crippen molar-refractivity contribution in [3.05, 3.63) is 0 Å². The molecule has 0 aromatic heterocycles. The number of hydrogen-bond donors (Lipinski definition) is 2. The van der Waals surface area contributed by atoms with Gasteiger partial charge in [-0.15, -0.1) is 0 Å². The lowest BCUT2D eigenvalue weighted by Gasteiger charge is -2.39. The largest absolute Gasteiger partial charge is 0.396 e. The summed E-state index contributed by atoms with van der Waals surface area (Å²) in [6, 6.07) is 1.08. The van der Waals surface area contributed by atoms with Gasteiger partial charge in [-0.1, -0.05) is 47.5 Å². The Bertz CT molecular complexity index is 232. The van der Waals surface area contributed by atoms with Crippen LogP contribution in [-0.2, 0) is 0 Å². The van der Waals surface area contributed by atoms with Crippen LogP contribution in [0.1, 0.15) is 66.7 Å². The fourth-order valence-electron chi connectivity index (χ4n) is 3.16. The summed E-state index contributed by atoms with van der Waals surface area (Å²) in [5, 5.41) is 13.1. The van der Waals surface area contributed by atoms with Crippen molar-refractivity contribution < 1.29 is 5.11 Å². The van der Waals surface area contributed by atoms with E-state index in [2.05, 4.69) is 39.9 Å². The highest BCUT2D eigenvalue weighted by molar-refractivity contribution is 4.87. The second-order valence-corrected chi connectivity index (χ2v) is 7.47. The number of aliphatic hydroxyl groups is 1. The molecule has 1 saturated carbocycles.